The molecule has 10 heteroatoms. The van der Waals surface area contributed by atoms with E-state index in [1.165, 1.54) is 17.8 Å². The molecular weight excluding hydrogens is 354 g/mol. The average molecular weight is 371 g/mol. The fourth-order valence-electron chi connectivity index (χ4n) is 2.50. The number of amides is 2. The molecule has 4 rings (SSSR count). The molecule has 3 aromatic rings. The Bertz CT molecular complexity index is 876. The van der Waals surface area contributed by atoms with E-state index in [0.29, 0.717) is 35.7 Å². The van der Waals surface area contributed by atoms with Gasteiger partial charge in [-0.05, 0) is 25.0 Å². The topological polar surface area (TPSA) is 119 Å². The summed E-state index contributed by atoms with van der Waals surface area (Å²) >= 11 is 1.43. The van der Waals surface area contributed by atoms with Gasteiger partial charge in [0.15, 0.2) is 0 Å². The molecule has 0 radical (unpaired) electrons. The molecule has 1 aliphatic carbocycles. The highest BCUT2D eigenvalue weighted by atomic mass is 32.1. The van der Waals surface area contributed by atoms with Crippen molar-refractivity contribution in [2.45, 2.75) is 31.6 Å². The molecule has 1 aliphatic rings. The smallest absolute Gasteiger partial charge is 0.321 e. The van der Waals surface area contributed by atoms with E-state index in [1.54, 1.807) is 18.5 Å². The van der Waals surface area contributed by atoms with E-state index in [0.717, 1.165) is 23.4 Å². The van der Waals surface area contributed by atoms with Crippen molar-refractivity contribution in [2.24, 2.45) is 0 Å². The first kappa shape index (κ1) is 16.6. The largest absolute Gasteiger partial charge is 0.339 e. The lowest BCUT2D eigenvalue weighted by atomic mass is 9.86. The summed E-state index contributed by atoms with van der Waals surface area (Å²) < 4.78 is 5.19. The van der Waals surface area contributed by atoms with Gasteiger partial charge in [-0.3, -0.25) is 10.3 Å². The fourth-order valence-corrected chi connectivity index (χ4v) is 3.41. The van der Waals surface area contributed by atoms with Gasteiger partial charge in [-0.2, -0.15) is 4.98 Å². The van der Waals surface area contributed by atoms with E-state index < -0.39 is 0 Å². The molecule has 3 aromatic heterocycles. The molecule has 0 aromatic carbocycles. The maximum absolute atomic E-state index is 11.9. The Morgan fingerprint density at radius 2 is 2.27 bits per heavy atom. The quantitative estimate of drug-likeness (QED) is 0.683. The van der Waals surface area contributed by atoms with Crippen molar-refractivity contribution in [1.82, 2.24) is 30.6 Å². The van der Waals surface area contributed by atoms with Crippen molar-refractivity contribution >= 4 is 22.5 Å². The van der Waals surface area contributed by atoms with Crippen LogP contribution in [0.3, 0.4) is 0 Å². The van der Waals surface area contributed by atoms with Gasteiger partial charge in [0.25, 0.3) is 0 Å². The highest BCUT2D eigenvalue weighted by Crippen LogP contribution is 2.38. The standard InChI is InChI=1S/C16H17N7O2S/c24-15(20-16-22-21-14(26-16)10-3-1-4-10)18-8-6-12-19-13(23-25-12)11-5-2-7-17-9-11/h2,5,7,9-10H,1,3-4,6,8H2,(H2,18,20,22,24). The van der Waals surface area contributed by atoms with Gasteiger partial charge < -0.3 is 9.84 Å². The summed E-state index contributed by atoms with van der Waals surface area (Å²) in [7, 11) is 0. The SMILES string of the molecule is O=C(NCCc1nc(-c2cccnc2)no1)Nc1nnc(C2CCC2)s1. The molecule has 1 fully saturated rings. The lowest BCUT2D eigenvalue weighted by Gasteiger charge is -2.21. The molecule has 0 unspecified atom stereocenters. The second-order valence-corrected chi connectivity index (χ2v) is 6.97. The predicted molar refractivity (Wildman–Crippen MR) is 94.8 cm³/mol. The second-order valence-electron chi connectivity index (χ2n) is 5.96. The lowest BCUT2D eigenvalue weighted by Crippen LogP contribution is -2.30. The Balaban J connectivity index is 1.23. The van der Waals surface area contributed by atoms with E-state index in [-0.39, 0.29) is 6.03 Å². The highest BCUT2D eigenvalue weighted by Gasteiger charge is 2.23. The zero-order valence-corrected chi connectivity index (χ0v) is 14.7. The zero-order chi connectivity index (χ0) is 17.8. The summed E-state index contributed by atoms with van der Waals surface area (Å²) in [5, 5.41) is 19.0. The van der Waals surface area contributed by atoms with Crippen LogP contribution in [0.5, 0.6) is 0 Å². The Morgan fingerprint density at radius 3 is 3.04 bits per heavy atom. The van der Waals surface area contributed by atoms with Crippen molar-refractivity contribution in [2.75, 3.05) is 11.9 Å². The minimum Gasteiger partial charge on any atom is -0.339 e. The van der Waals surface area contributed by atoms with Gasteiger partial charge in [0.05, 0.1) is 0 Å². The number of hydrogen-bond acceptors (Lipinski definition) is 8. The molecule has 0 aliphatic heterocycles. The Hall–Kier alpha value is -2.88. The third-order valence-electron chi connectivity index (χ3n) is 4.13. The zero-order valence-electron chi connectivity index (χ0n) is 13.9. The minimum atomic E-state index is -0.326. The Kier molecular flexibility index (Phi) is 4.82. The van der Waals surface area contributed by atoms with E-state index in [9.17, 15) is 4.79 Å². The summed E-state index contributed by atoms with van der Waals surface area (Å²) in [6.07, 6.45) is 7.34. The van der Waals surface area contributed by atoms with Crippen LogP contribution in [0.4, 0.5) is 9.93 Å². The van der Waals surface area contributed by atoms with Crippen LogP contribution in [0.2, 0.25) is 0 Å². The maximum Gasteiger partial charge on any atom is 0.321 e. The number of nitrogens with one attached hydrogen (secondary N) is 2. The summed E-state index contributed by atoms with van der Waals surface area (Å²) in [6, 6.07) is 3.34. The minimum absolute atomic E-state index is 0.326. The monoisotopic (exact) mass is 371 g/mol. The third kappa shape index (κ3) is 3.85. The predicted octanol–water partition coefficient (Wildman–Crippen LogP) is 2.61. The van der Waals surface area contributed by atoms with E-state index in [1.807, 2.05) is 6.07 Å². The number of rotatable bonds is 6. The first-order chi connectivity index (χ1) is 12.8. The molecule has 1 saturated carbocycles. The molecule has 2 N–H and O–H groups in total. The van der Waals surface area contributed by atoms with E-state index in [4.69, 9.17) is 4.52 Å². The van der Waals surface area contributed by atoms with E-state index >= 15 is 0 Å². The average Bonchev–Trinajstić information content (AvgIpc) is 3.24. The maximum atomic E-state index is 11.9. The molecule has 0 saturated heterocycles. The summed E-state index contributed by atoms with van der Waals surface area (Å²) in [4.78, 5) is 20.2. The van der Waals surface area contributed by atoms with Crippen LogP contribution in [-0.4, -0.2) is 37.9 Å². The first-order valence-corrected chi connectivity index (χ1v) is 9.21. The lowest BCUT2D eigenvalue weighted by molar-refractivity contribution is 0.252. The second kappa shape index (κ2) is 7.56. The molecule has 2 amide bonds. The van der Waals surface area contributed by atoms with Crippen molar-refractivity contribution in [3.8, 4) is 11.4 Å². The van der Waals surface area contributed by atoms with Gasteiger partial charge >= 0.3 is 6.03 Å². The third-order valence-corrected chi connectivity index (χ3v) is 5.13. The molecule has 0 atom stereocenters. The Morgan fingerprint density at radius 1 is 1.35 bits per heavy atom. The molecule has 26 heavy (non-hydrogen) atoms. The van der Waals surface area contributed by atoms with Crippen LogP contribution < -0.4 is 10.6 Å². The van der Waals surface area contributed by atoms with Crippen LogP contribution in [-0.2, 0) is 6.42 Å². The van der Waals surface area contributed by atoms with Crippen LogP contribution >= 0.6 is 11.3 Å². The molecular formula is C16H17N7O2S. The number of anilines is 1. The normalized spacial score (nSPS) is 14.0. The number of urea groups is 1. The number of aromatic nitrogens is 5. The van der Waals surface area contributed by atoms with Crippen LogP contribution in [0.15, 0.2) is 29.0 Å². The summed E-state index contributed by atoms with van der Waals surface area (Å²) in [6.45, 7) is 0.370. The van der Waals surface area contributed by atoms with Crippen LogP contribution in [0, 0.1) is 0 Å². The number of carbonyl (C=O) groups excluding carboxylic acids is 1. The van der Waals surface area contributed by atoms with Crippen LogP contribution in [0.1, 0.15) is 36.1 Å². The van der Waals surface area contributed by atoms with Crippen molar-refractivity contribution in [3.63, 3.8) is 0 Å². The van der Waals surface area contributed by atoms with Gasteiger partial charge in [-0.1, -0.05) is 22.9 Å². The van der Waals surface area contributed by atoms with Crippen molar-refractivity contribution < 1.29 is 9.32 Å². The van der Waals surface area contributed by atoms with Gasteiger partial charge in [0.2, 0.25) is 16.8 Å². The highest BCUT2D eigenvalue weighted by molar-refractivity contribution is 7.15. The molecule has 0 bridgehead atoms. The van der Waals surface area contributed by atoms with Gasteiger partial charge in [-0.25, -0.2) is 4.79 Å². The van der Waals surface area contributed by atoms with Gasteiger partial charge in [0, 0.05) is 36.8 Å². The van der Waals surface area contributed by atoms with Crippen molar-refractivity contribution in [1.29, 1.82) is 0 Å². The van der Waals surface area contributed by atoms with Crippen molar-refractivity contribution in [3.05, 3.63) is 35.4 Å². The van der Waals surface area contributed by atoms with Gasteiger partial charge in [-0.15, -0.1) is 10.2 Å². The molecule has 9 nitrogen and oxygen atoms in total. The number of nitrogens with zero attached hydrogens (tertiary/aromatic N) is 5. The number of hydrogen-bond donors (Lipinski definition) is 2. The number of carbonyl (C=O) groups is 1. The molecule has 134 valence electrons. The summed E-state index contributed by atoms with van der Waals surface area (Å²) in [5.74, 6) is 1.44. The van der Waals surface area contributed by atoms with Gasteiger partial charge in [0.1, 0.15) is 5.01 Å². The van der Waals surface area contributed by atoms with E-state index in [2.05, 4.69) is 36.0 Å². The van der Waals surface area contributed by atoms with Crippen LogP contribution in [0.25, 0.3) is 11.4 Å². The first-order valence-electron chi connectivity index (χ1n) is 8.39. The molecule has 0 spiro atoms. The fraction of sp³-hybridized carbons (Fsp3) is 0.375. The number of pyridine rings is 1. The Labute approximate surface area is 153 Å². The molecule has 3 heterocycles. The summed E-state index contributed by atoms with van der Waals surface area (Å²) in [5.41, 5.74) is 0.784.